The molecular formula is C12H16N8O. The number of hydrogen-bond acceptors (Lipinski definition) is 8. The Morgan fingerprint density at radius 2 is 2.14 bits per heavy atom. The van der Waals surface area contributed by atoms with Crippen molar-refractivity contribution in [1.29, 1.82) is 0 Å². The Balaban J connectivity index is 1.99. The summed E-state index contributed by atoms with van der Waals surface area (Å²) in [6.45, 7) is 5.80. The van der Waals surface area contributed by atoms with E-state index < -0.39 is 0 Å². The number of fused-ring (bicyclic) bond motifs is 1. The van der Waals surface area contributed by atoms with Crippen LogP contribution in [-0.4, -0.2) is 25.3 Å². The molecule has 0 aromatic carbocycles. The summed E-state index contributed by atoms with van der Waals surface area (Å²) in [4.78, 5) is 8.51. The average molecular weight is 288 g/mol. The van der Waals surface area contributed by atoms with Crippen molar-refractivity contribution in [3.63, 3.8) is 0 Å². The minimum atomic E-state index is -0.0325. The molecule has 0 fully saturated rings. The van der Waals surface area contributed by atoms with Crippen LogP contribution in [0.1, 0.15) is 30.0 Å². The van der Waals surface area contributed by atoms with Crippen molar-refractivity contribution in [2.75, 3.05) is 10.7 Å². The molecule has 0 amide bonds. The quantitative estimate of drug-likeness (QED) is 0.419. The van der Waals surface area contributed by atoms with Gasteiger partial charge in [0.05, 0.1) is 23.3 Å². The molecule has 9 heteroatoms. The van der Waals surface area contributed by atoms with Gasteiger partial charge in [0.25, 0.3) is 0 Å². The molecule has 9 nitrogen and oxygen atoms in total. The molecule has 3 aromatic rings. The fourth-order valence-electron chi connectivity index (χ4n) is 2.39. The largest absolute Gasteiger partial charge is 0.363 e. The predicted octanol–water partition coefficient (Wildman–Crippen LogP) is 1.42. The molecule has 5 N–H and O–H groups in total. The fraction of sp³-hybridized carbons (Fsp3) is 0.333. The van der Waals surface area contributed by atoms with Crippen LogP contribution in [0.4, 0.5) is 11.8 Å². The highest BCUT2D eigenvalue weighted by molar-refractivity contribution is 5.87. The number of nitrogens with one attached hydrogen (secondary N) is 3. The Morgan fingerprint density at radius 1 is 1.33 bits per heavy atom. The van der Waals surface area contributed by atoms with Gasteiger partial charge < -0.3 is 9.84 Å². The maximum absolute atomic E-state index is 5.39. The van der Waals surface area contributed by atoms with E-state index >= 15 is 0 Å². The number of hydrogen-bond donors (Lipinski definition) is 4. The monoisotopic (exact) mass is 288 g/mol. The normalized spacial score (nSPS) is 12.6. The van der Waals surface area contributed by atoms with E-state index in [9.17, 15) is 0 Å². The third-order valence-electron chi connectivity index (χ3n) is 3.31. The Kier molecular flexibility index (Phi) is 3.18. The van der Waals surface area contributed by atoms with Gasteiger partial charge in [0.15, 0.2) is 5.65 Å². The van der Waals surface area contributed by atoms with E-state index in [4.69, 9.17) is 10.4 Å². The number of anilines is 2. The van der Waals surface area contributed by atoms with Gasteiger partial charge in [-0.2, -0.15) is 15.1 Å². The molecule has 1 unspecified atom stereocenters. The smallest absolute Gasteiger partial charge is 0.241 e. The first-order valence-electron chi connectivity index (χ1n) is 6.47. The summed E-state index contributed by atoms with van der Waals surface area (Å²) in [7, 11) is 0. The SMILES string of the molecule is Cc1noc(C)c1C(C)Nc1nc(NN)nc2[nH]ncc12. The van der Waals surface area contributed by atoms with Crippen molar-refractivity contribution in [2.45, 2.75) is 26.8 Å². The molecule has 1 atom stereocenters. The molecular weight excluding hydrogens is 272 g/mol. The molecule has 0 radical (unpaired) electrons. The number of aryl methyl sites for hydroxylation is 2. The highest BCUT2D eigenvalue weighted by atomic mass is 16.5. The van der Waals surface area contributed by atoms with Crippen molar-refractivity contribution in [3.05, 3.63) is 23.2 Å². The summed E-state index contributed by atoms with van der Waals surface area (Å²) in [5, 5.41) is 14.8. The van der Waals surface area contributed by atoms with Crippen LogP contribution in [0.25, 0.3) is 11.0 Å². The van der Waals surface area contributed by atoms with E-state index in [1.165, 1.54) is 0 Å². The second kappa shape index (κ2) is 5.02. The fourth-order valence-corrected chi connectivity index (χ4v) is 2.39. The van der Waals surface area contributed by atoms with Crippen molar-refractivity contribution in [1.82, 2.24) is 25.3 Å². The van der Waals surface area contributed by atoms with Crippen molar-refractivity contribution in [2.24, 2.45) is 5.84 Å². The Labute approximate surface area is 120 Å². The first-order valence-corrected chi connectivity index (χ1v) is 6.47. The first kappa shape index (κ1) is 13.3. The number of rotatable bonds is 4. The van der Waals surface area contributed by atoms with Crippen molar-refractivity contribution < 1.29 is 4.52 Å². The zero-order valence-corrected chi connectivity index (χ0v) is 11.9. The average Bonchev–Trinajstić information content (AvgIpc) is 3.05. The lowest BCUT2D eigenvalue weighted by Crippen LogP contribution is -2.14. The molecule has 0 saturated heterocycles. The first-order chi connectivity index (χ1) is 10.1. The molecule has 0 saturated carbocycles. The van der Waals surface area contributed by atoms with Crippen LogP contribution in [0, 0.1) is 13.8 Å². The van der Waals surface area contributed by atoms with Gasteiger partial charge in [-0.25, -0.2) is 5.84 Å². The lowest BCUT2D eigenvalue weighted by Gasteiger charge is -2.15. The van der Waals surface area contributed by atoms with Crippen LogP contribution >= 0.6 is 0 Å². The van der Waals surface area contributed by atoms with E-state index in [1.807, 2.05) is 20.8 Å². The van der Waals surface area contributed by atoms with Crippen LogP contribution in [0.2, 0.25) is 0 Å². The van der Waals surface area contributed by atoms with E-state index in [-0.39, 0.29) is 6.04 Å². The molecule has 0 bridgehead atoms. The number of nitrogens with zero attached hydrogens (tertiary/aromatic N) is 4. The van der Waals surface area contributed by atoms with Gasteiger partial charge in [-0.05, 0) is 20.8 Å². The zero-order valence-electron chi connectivity index (χ0n) is 11.9. The number of nitrogens with two attached hydrogens (primary N) is 1. The molecule has 3 aromatic heterocycles. The Bertz CT molecular complexity index is 757. The Morgan fingerprint density at radius 3 is 2.81 bits per heavy atom. The number of hydrazine groups is 1. The molecule has 3 heterocycles. The van der Waals surface area contributed by atoms with E-state index in [1.54, 1.807) is 6.20 Å². The lowest BCUT2D eigenvalue weighted by atomic mass is 10.1. The second-order valence-electron chi connectivity index (χ2n) is 4.78. The van der Waals surface area contributed by atoms with Gasteiger partial charge in [-0.15, -0.1) is 0 Å². The molecule has 0 spiro atoms. The lowest BCUT2D eigenvalue weighted by molar-refractivity contribution is 0.392. The highest BCUT2D eigenvalue weighted by Gasteiger charge is 2.18. The van der Waals surface area contributed by atoms with Gasteiger partial charge in [-0.3, -0.25) is 10.5 Å². The molecule has 21 heavy (non-hydrogen) atoms. The van der Waals surface area contributed by atoms with Crippen LogP contribution in [-0.2, 0) is 0 Å². The third kappa shape index (κ3) is 2.27. The number of nitrogen functional groups attached to an aromatic ring is 1. The minimum absolute atomic E-state index is 0.0325. The minimum Gasteiger partial charge on any atom is -0.363 e. The van der Waals surface area contributed by atoms with Gasteiger partial charge >= 0.3 is 0 Å². The standard InChI is InChI=1S/C12H16N8O/c1-5(9-6(2)20-21-7(9)3)15-10-8-4-14-19-11(8)17-12(16-10)18-13/h4-5H,13H2,1-3H3,(H3,14,15,16,17,18,19). The predicted molar refractivity (Wildman–Crippen MR) is 77.5 cm³/mol. The summed E-state index contributed by atoms with van der Waals surface area (Å²) >= 11 is 0. The number of H-pyrrole nitrogens is 1. The summed E-state index contributed by atoms with van der Waals surface area (Å²) in [6.07, 6.45) is 1.66. The van der Waals surface area contributed by atoms with Gasteiger partial charge in [-0.1, -0.05) is 5.16 Å². The zero-order chi connectivity index (χ0) is 15.0. The summed E-state index contributed by atoms with van der Waals surface area (Å²) in [5.74, 6) is 7.11. The summed E-state index contributed by atoms with van der Waals surface area (Å²) in [5.41, 5.74) is 4.90. The van der Waals surface area contributed by atoms with Crippen LogP contribution < -0.4 is 16.6 Å². The molecule has 0 aliphatic carbocycles. The maximum atomic E-state index is 5.39. The molecule has 110 valence electrons. The molecule has 3 rings (SSSR count). The highest BCUT2D eigenvalue weighted by Crippen LogP contribution is 2.27. The van der Waals surface area contributed by atoms with E-state index in [2.05, 4.69) is 36.1 Å². The summed E-state index contributed by atoms with van der Waals surface area (Å²) in [6, 6.07) is -0.0325. The molecule has 0 aliphatic heterocycles. The Hall–Kier alpha value is -2.68. The van der Waals surface area contributed by atoms with E-state index in [0.717, 1.165) is 22.4 Å². The number of aromatic nitrogens is 5. The third-order valence-corrected chi connectivity index (χ3v) is 3.31. The van der Waals surface area contributed by atoms with Crippen LogP contribution in [0.15, 0.2) is 10.7 Å². The summed E-state index contributed by atoms with van der Waals surface area (Å²) < 4.78 is 5.20. The maximum Gasteiger partial charge on any atom is 0.241 e. The molecule has 0 aliphatic rings. The van der Waals surface area contributed by atoms with Crippen molar-refractivity contribution in [3.8, 4) is 0 Å². The topological polar surface area (TPSA) is 131 Å². The van der Waals surface area contributed by atoms with E-state index in [0.29, 0.717) is 17.4 Å². The van der Waals surface area contributed by atoms with Gasteiger partial charge in [0, 0.05) is 5.56 Å². The van der Waals surface area contributed by atoms with Gasteiger partial charge in [0.1, 0.15) is 11.6 Å². The van der Waals surface area contributed by atoms with Crippen molar-refractivity contribution >= 4 is 22.8 Å². The second-order valence-corrected chi connectivity index (χ2v) is 4.78. The van der Waals surface area contributed by atoms with Crippen LogP contribution in [0.5, 0.6) is 0 Å². The number of aromatic amines is 1. The van der Waals surface area contributed by atoms with Gasteiger partial charge in [0.2, 0.25) is 5.95 Å². The van der Waals surface area contributed by atoms with Crippen LogP contribution in [0.3, 0.4) is 0 Å².